The number of carboxylic acid groups (broad SMARTS) is 1. The zero-order valence-corrected chi connectivity index (χ0v) is 14.1. The molecule has 0 saturated heterocycles. The number of nitrogens with zero attached hydrogens (tertiary/aromatic N) is 1. The molecule has 0 aliphatic carbocycles. The van der Waals surface area contributed by atoms with Crippen molar-refractivity contribution in [3.05, 3.63) is 84.4 Å². The summed E-state index contributed by atoms with van der Waals surface area (Å²) in [6, 6.07) is 24.6. The van der Waals surface area contributed by atoms with Crippen molar-refractivity contribution in [2.75, 3.05) is 4.90 Å². The quantitative estimate of drug-likeness (QED) is 0.482. The van der Waals surface area contributed by atoms with Crippen molar-refractivity contribution in [3.63, 3.8) is 0 Å². The Morgan fingerprint density at radius 3 is 2.40 bits per heavy atom. The van der Waals surface area contributed by atoms with Gasteiger partial charge in [-0.1, -0.05) is 48.2 Å². The van der Waals surface area contributed by atoms with Crippen molar-refractivity contribution in [2.45, 2.75) is 9.79 Å². The monoisotopic (exact) mass is 345 g/mol. The summed E-state index contributed by atoms with van der Waals surface area (Å²) in [4.78, 5) is 15.3. The van der Waals surface area contributed by atoms with E-state index in [9.17, 15) is 4.79 Å². The Bertz CT molecular complexity index is 967. The number of rotatable bonds is 3. The van der Waals surface area contributed by atoms with Gasteiger partial charge in [-0.05, 0) is 48.0 Å². The second-order valence-corrected chi connectivity index (χ2v) is 6.72. The molecule has 3 aromatic carbocycles. The van der Waals surface area contributed by atoms with E-state index in [-0.39, 0.29) is 0 Å². The second-order valence-electron chi connectivity index (χ2n) is 5.64. The van der Waals surface area contributed by atoms with Gasteiger partial charge in [0.05, 0.1) is 11.4 Å². The molecular formula is C21H15NO2S. The fourth-order valence-corrected chi connectivity index (χ4v) is 4.01. The van der Waals surface area contributed by atoms with Gasteiger partial charge in [0, 0.05) is 21.6 Å². The summed E-state index contributed by atoms with van der Waals surface area (Å²) in [5.74, 6) is -0.943. The summed E-state index contributed by atoms with van der Waals surface area (Å²) >= 11 is 1.71. The van der Waals surface area contributed by atoms with E-state index in [4.69, 9.17) is 5.11 Å². The van der Waals surface area contributed by atoms with E-state index in [2.05, 4.69) is 29.2 Å². The Labute approximate surface area is 150 Å². The number of benzene rings is 3. The summed E-state index contributed by atoms with van der Waals surface area (Å²) in [7, 11) is 0. The van der Waals surface area contributed by atoms with Crippen molar-refractivity contribution in [1.82, 2.24) is 0 Å². The summed E-state index contributed by atoms with van der Waals surface area (Å²) in [5.41, 5.74) is 4.23. The molecule has 0 fully saturated rings. The van der Waals surface area contributed by atoms with Gasteiger partial charge in [-0.3, -0.25) is 0 Å². The number of hydrogen-bond donors (Lipinski definition) is 1. The van der Waals surface area contributed by atoms with Crippen molar-refractivity contribution >= 4 is 40.9 Å². The number of hydrogen-bond acceptors (Lipinski definition) is 3. The van der Waals surface area contributed by atoms with E-state index < -0.39 is 5.97 Å². The molecule has 4 heteroatoms. The van der Waals surface area contributed by atoms with Gasteiger partial charge in [-0.15, -0.1) is 0 Å². The molecule has 0 spiro atoms. The van der Waals surface area contributed by atoms with Crippen molar-refractivity contribution in [1.29, 1.82) is 0 Å². The molecule has 0 amide bonds. The van der Waals surface area contributed by atoms with E-state index in [1.807, 2.05) is 48.5 Å². The average Bonchev–Trinajstić information content (AvgIpc) is 2.65. The molecule has 122 valence electrons. The van der Waals surface area contributed by atoms with E-state index >= 15 is 0 Å². The lowest BCUT2D eigenvalue weighted by atomic mass is 10.1. The molecule has 1 heterocycles. The van der Waals surface area contributed by atoms with Gasteiger partial charge in [0.2, 0.25) is 0 Å². The van der Waals surface area contributed by atoms with Crippen molar-refractivity contribution in [3.8, 4) is 0 Å². The highest BCUT2D eigenvalue weighted by molar-refractivity contribution is 7.99. The minimum Gasteiger partial charge on any atom is -0.478 e. The Morgan fingerprint density at radius 1 is 0.880 bits per heavy atom. The normalized spacial score (nSPS) is 12.7. The summed E-state index contributed by atoms with van der Waals surface area (Å²) < 4.78 is 0. The van der Waals surface area contributed by atoms with Gasteiger partial charge in [0.25, 0.3) is 0 Å². The summed E-state index contributed by atoms with van der Waals surface area (Å²) in [6.45, 7) is 0. The fraction of sp³-hybridized carbons (Fsp3) is 0. The first-order valence-electron chi connectivity index (χ1n) is 7.89. The van der Waals surface area contributed by atoms with Crippen LogP contribution in [0.15, 0.2) is 88.7 Å². The molecule has 3 aromatic rings. The average molecular weight is 345 g/mol. The maximum absolute atomic E-state index is 10.8. The molecule has 0 saturated carbocycles. The Hall–Kier alpha value is -2.98. The summed E-state index contributed by atoms with van der Waals surface area (Å²) in [5, 5.41) is 8.83. The third kappa shape index (κ3) is 3.04. The number of para-hydroxylation sites is 2. The fourth-order valence-electron chi connectivity index (χ4n) is 2.90. The standard InChI is InChI=1S/C21H15NO2S/c23-21(24)13-11-15-10-12-18-20(14-15)25-19-9-5-4-8-17(19)22(18)16-6-2-1-3-7-16/h1-14H,(H,23,24)/b13-11+. The molecule has 25 heavy (non-hydrogen) atoms. The highest BCUT2D eigenvalue weighted by Gasteiger charge is 2.24. The number of fused-ring (bicyclic) bond motifs is 2. The van der Waals surface area contributed by atoms with Gasteiger partial charge in [-0.25, -0.2) is 4.79 Å². The number of anilines is 3. The van der Waals surface area contributed by atoms with Crippen LogP contribution in [0.1, 0.15) is 5.56 Å². The van der Waals surface area contributed by atoms with E-state index in [0.717, 1.165) is 33.6 Å². The van der Waals surface area contributed by atoms with Crippen LogP contribution in [0.2, 0.25) is 0 Å². The smallest absolute Gasteiger partial charge is 0.328 e. The van der Waals surface area contributed by atoms with Crippen molar-refractivity contribution < 1.29 is 9.90 Å². The minimum absolute atomic E-state index is 0.876. The highest BCUT2D eigenvalue weighted by Crippen LogP contribution is 2.51. The minimum atomic E-state index is -0.943. The first-order chi connectivity index (χ1) is 12.2. The number of aliphatic carboxylic acids is 1. The molecule has 1 aliphatic rings. The maximum Gasteiger partial charge on any atom is 0.328 e. The maximum atomic E-state index is 10.8. The topological polar surface area (TPSA) is 40.5 Å². The van der Waals surface area contributed by atoms with Crippen LogP contribution in [-0.4, -0.2) is 11.1 Å². The lowest BCUT2D eigenvalue weighted by molar-refractivity contribution is -0.131. The van der Waals surface area contributed by atoms with Crippen molar-refractivity contribution in [2.24, 2.45) is 0 Å². The Kier molecular flexibility index (Phi) is 4.04. The first kappa shape index (κ1) is 15.5. The third-order valence-electron chi connectivity index (χ3n) is 3.98. The van der Waals surface area contributed by atoms with Gasteiger partial charge < -0.3 is 10.0 Å². The van der Waals surface area contributed by atoms with E-state index in [1.165, 1.54) is 4.90 Å². The number of carbonyl (C=O) groups is 1. The molecule has 0 atom stereocenters. The first-order valence-corrected chi connectivity index (χ1v) is 8.71. The Balaban J connectivity index is 1.85. The zero-order chi connectivity index (χ0) is 17.2. The molecule has 1 aliphatic heterocycles. The third-order valence-corrected chi connectivity index (χ3v) is 5.10. The molecule has 0 unspecified atom stereocenters. The van der Waals surface area contributed by atoms with Gasteiger partial charge in [0.1, 0.15) is 0 Å². The molecule has 0 aromatic heterocycles. The van der Waals surface area contributed by atoms with Crippen LogP contribution >= 0.6 is 11.8 Å². The SMILES string of the molecule is O=C(O)/C=C/c1ccc2c(c1)Sc1ccccc1N2c1ccccc1. The van der Waals surface area contributed by atoms with E-state index in [0.29, 0.717) is 0 Å². The van der Waals surface area contributed by atoms with Gasteiger partial charge in [-0.2, -0.15) is 0 Å². The van der Waals surface area contributed by atoms with Crippen LogP contribution in [0.3, 0.4) is 0 Å². The molecule has 0 bridgehead atoms. The van der Waals surface area contributed by atoms with Crippen LogP contribution in [0.4, 0.5) is 17.1 Å². The van der Waals surface area contributed by atoms with E-state index in [1.54, 1.807) is 17.8 Å². The molecule has 3 nitrogen and oxygen atoms in total. The van der Waals surface area contributed by atoms with Crippen LogP contribution < -0.4 is 4.90 Å². The lowest BCUT2D eigenvalue weighted by Crippen LogP contribution is -2.14. The molecule has 0 radical (unpaired) electrons. The van der Waals surface area contributed by atoms with Crippen LogP contribution in [0, 0.1) is 0 Å². The Morgan fingerprint density at radius 2 is 1.60 bits per heavy atom. The van der Waals surface area contributed by atoms with Crippen LogP contribution in [0.25, 0.3) is 6.08 Å². The van der Waals surface area contributed by atoms with Crippen LogP contribution in [0.5, 0.6) is 0 Å². The number of carboxylic acids is 1. The molecular weight excluding hydrogens is 330 g/mol. The second kappa shape index (κ2) is 6.49. The summed E-state index contributed by atoms with van der Waals surface area (Å²) in [6.07, 6.45) is 2.79. The zero-order valence-electron chi connectivity index (χ0n) is 13.3. The highest BCUT2D eigenvalue weighted by atomic mass is 32.2. The van der Waals surface area contributed by atoms with Gasteiger partial charge in [0.15, 0.2) is 0 Å². The predicted octanol–water partition coefficient (Wildman–Crippen LogP) is 5.72. The predicted molar refractivity (Wildman–Crippen MR) is 102 cm³/mol. The lowest BCUT2D eigenvalue weighted by Gasteiger charge is -2.33. The van der Waals surface area contributed by atoms with Crippen LogP contribution in [-0.2, 0) is 4.79 Å². The largest absolute Gasteiger partial charge is 0.478 e. The van der Waals surface area contributed by atoms with Gasteiger partial charge >= 0.3 is 5.97 Å². The molecule has 1 N–H and O–H groups in total. The molecule has 4 rings (SSSR count).